The molecule has 0 aliphatic carbocycles. The molecule has 1 amide bonds. The lowest BCUT2D eigenvalue weighted by atomic mass is 10.2. The van der Waals surface area contributed by atoms with Gasteiger partial charge in [-0.1, -0.05) is 0 Å². The molecule has 2 atom stereocenters. The first-order valence-corrected chi connectivity index (χ1v) is 9.50. The molecule has 2 aromatic rings. The summed E-state index contributed by atoms with van der Waals surface area (Å²) in [6.07, 6.45) is 1.16. The Morgan fingerprint density at radius 2 is 1.97 bits per heavy atom. The van der Waals surface area contributed by atoms with Gasteiger partial charge in [-0.15, -0.1) is 0 Å². The monoisotopic (exact) mass is 403 g/mol. The van der Waals surface area contributed by atoms with Gasteiger partial charge in [0.15, 0.2) is 0 Å². The SMILES string of the molecule is Cc1cc(C)n(CCCC(=O)N2C[C@@H](O)[C@H](n3cc(C)c(=O)[nH]c3=O)C2)c(=O)n1. The van der Waals surface area contributed by atoms with Gasteiger partial charge in [-0.2, -0.15) is 4.98 Å². The molecule has 0 aromatic carbocycles. The van der Waals surface area contributed by atoms with Crippen molar-refractivity contribution in [1.29, 1.82) is 0 Å². The average Bonchev–Trinajstić information content (AvgIpc) is 3.02. The van der Waals surface area contributed by atoms with Crippen molar-refractivity contribution in [3.63, 3.8) is 0 Å². The highest BCUT2D eigenvalue weighted by atomic mass is 16.3. The number of rotatable bonds is 5. The summed E-state index contributed by atoms with van der Waals surface area (Å²) in [6.45, 7) is 5.82. The molecular weight excluding hydrogens is 378 g/mol. The summed E-state index contributed by atoms with van der Waals surface area (Å²) in [5, 5.41) is 10.3. The number of hydrogen-bond acceptors (Lipinski definition) is 6. The summed E-state index contributed by atoms with van der Waals surface area (Å²) in [4.78, 5) is 55.8. The van der Waals surface area contributed by atoms with E-state index in [0.717, 1.165) is 5.69 Å². The van der Waals surface area contributed by atoms with Crippen LogP contribution in [0.15, 0.2) is 26.6 Å². The first kappa shape index (κ1) is 20.7. The molecule has 2 aromatic heterocycles. The standard InChI is InChI=1S/C19H25N5O5/c1-11-8-24(19(29)21-17(11)27)14-9-22(10-15(14)25)16(26)5-4-6-23-13(3)7-12(2)20-18(23)28/h7-8,14-15,25H,4-6,9-10H2,1-3H3,(H,21,27,29)/t14-,15-/m1/s1. The summed E-state index contributed by atoms with van der Waals surface area (Å²) in [5.41, 5.74) is 0.390. The third kappa shape index (κ3) is 4.37. The Bertz CT molecular complexity index is 1100. The van der Waals surface area contributed by atoms with Crippen LogP contribution in [0.25, 0.3) is 0 Å². The number of hydrogen-bond donors (Lipinski definition) is 2. The van der Waals surface area contributed by atoms with Crippen molar-refractivity contribution in [3.8, 4) is 0 Å². The van der Waals surface area contributed by atoms with E-state index in [4.69, 9.17) is 0 Å². The Morgan fingerprint density at radius 3 is 2.66 bits per heavy atom. The summed E-state index contributed by atoms with van der Waals surface area (Å²) >= 11 is 0. The van der Waals surface area contributed by atoms with Crippen molar-refractivity contribution >= 4 is 5.91 Å². The molecule has 0 radical (unpaired) electrons. The molecule has 156 valence electrons. The van der Waals surface area contributed by atoms with Crippen molar-refractivity contribution in [2.45, 2.75) is 52.3 Å². The maximum absolute atomic E-state index is 12.6. The van der Waals surface area contributed by atoms with Crippen LogP contribution in [0.1, 0.15) is 35.8 Å². The van der Waals surface area contributed by atoms with Crippen molar-refractivity contribution in [3.05, 3.63) is 60.5 Å². The summed E-state index contributed by atoms with van der Waals surface area (Å²) in [5.74, 6) is -0.161. The van der Waals surface area contributed by atoms with Gasteiger partial charge in [0.05, 0.1) is 12.1 Å². The lowest BCUT2D eigenvalue weighted by Gasteiger charge is -2.18. The van der Waals surface area contributed by atoms with E-state index >= 15 is 0 Å². The minimum atomic E-state index is -0.909. The summed E-state index contributed by atoms with van der Waals surface area (Å²) < 4.78 is 2.81. The highest BCUT2D eigenvalue weighted by Crippen LogP contribution is 2.21. The molecule has 1 aliphatic rings. The fourth-order valence-corrected chi connectivity index (χ4v) is 3.67. The quantitative estimate of drug-likeness (QED) is 0.675. The van der Waals surface area contributed by atoms with Gasteiger partial charge in [-0.05, 0) is 33.3 Å². The third-order valence-corrected chi connectivity index (χ3v) is 5.23. The highest BCUT2D eigenvalue weighted by molar-refractivity contribution is 5.76. The van der Waals surface area contributed by atoms with Gasteiger partial charge in [-0.25, -0.2) is 9.59 Å². The Morgan fingerprint density at radius 1 is 1.24 bits per heavy atom. The van der Waals surface area contributed by atoms with Crippen LogP contribution in [0.3, 0.4) is 0 Å². The molecule has 3 rings (SSSR count). The number of amides is 1. The zero-order valence-electron chi connectivity index (χ0n) is 16.7. The number of H-pyrrole nitrogens is 1. The second kappa shape index (κ2) is 8.16. The average molecular weight is 403 g/mol. The first-order chi connectivity index (χ1) is 13.7. The van der Waals surface area contributed by atoms with E-state index in [2.05, 4.69) is 9.97 Å². The predicted molar refractivity (Wildman–Crippen MR) is 105 cm³/mol. The van der Waals surface area contributed by atoms with Crippen molar-refractivity contribution in [2.24, 2.45) is 0 Å². The molecule has 1 aliphatic heterocycles. The largest absolute Gasteiger partial charge is 0.389 e. The minimum Gasteiger partial charge on any atom is -0.389 e. The highest BCUT2D eigenvalue weighted by Gasteiger charge is 2.35. The van der Waals surface area contributed by atoms with Crippen molar-refractivity contribution < 1.29 is 9.90 Å². The van der Waals surface area contributed by atoms with Gasteiger partial charge in [-0.3, -0.25) is 23.7 Å². The zero-order valence-corrected chi connectivity index (χ0v) is 16.7. The maximum Gasteiger partial charge on any atom is 0.347 e. The van der Waals surface area contributed by atoms with Gasteiger partial charge < -0.3 is 10.0 Å². The number of aliphatic hydroxyl groups excluding tert-OH is 1. The fourth-order valence-electron chi connectivity index (χ4n) is 3.67. The molecule has 3 heterocycles. The first-order valence-electron chi connectivity index (χ1n) is 9.50. The van der Waals surface area contributed by atoms with Crippen LogP contribution in [-0.4, -0.2) is 54.2 Å². The molecule has 0 bridgehead atoms. The lowest BCUT2D eigenvalue weighted by molar-refractivity contribution is -0.130. The number of aryl methyl sites for hydroxylation is 3. The topological polar surface area (TPSA) is 130 Å². The Balaban J connectivity index is 1.63. The number of carbonyl (C=O) groups is 1. The summed E-state index contributed by atoms with van der Waals surface area (Å²) in [7, 11) is 0. The number of carbonyl (C=O) groups excluding carboxylic acids is 1. The predicted octanol–water partition coefficient (Wildman–Crippen LogP) is -0.757. The number of β-amino-alcohol motifs (C(OH)–C–C–N with tert-alkyl or cyclic N) is 1. The van der Waals surface area contributed by atoms with E-state index in [9.17, 15) is 24.3 Å². The second-order valence-electron chi connectivity index (χ2n) is 7.49. The molecule has 1 fully saturated rings. The second-order valence-corrected chi connectivity index (χ2v) is 7.49. The fraction of sp³-hybridized carbons (Fsp3) is 0.526. The molecule has 0 spiro atoms. The Labute approximate surface area is 166 Å². The van der Waals surface area contributed by atoms with E-state index in [-0.39, 0.29) is 31.1 Å². The lowest BCUT2D eigenvalue weighted by Crippen LogP contribution is -2.37. The van der Waals surface area contributed by atoms with Gasteiger partial charge >= 0.3 is 11.4 Å². The molecule has 0 saturated carbocycles. The van der Waals surface area contributed by atoms with Gasteiger partial charge in [0.1, 0.15) is 0 Å². The molecule has 10 nitrogen and oxygen atoms in total. The van der Waals surface area contributed by atoms with E-state index in [1.807, 2.05) is 13.0 Å². The van der Waals surface area contributed by atoms with Crippen LogP contribution >= 0.6 is 0 Å². The molecule has 2 N–H and O–H groups in total. The molecule has 29 heavy (non-hydrogen) atoms. The number of aliphatic hydroxyl groups is 1. The van der Waals surface area contributed by atoms with E-state index < -0.39 is 23.4 Å². The molecule has 0 unspecified atom stereocenters. The minimum absolute atomic E-state index is 0.110. The Hall–Kier alpha value is -3.01. The number of nitrogens with zero attached hydrogens (tertiary/aromatic N) is 4. The van der Waals surface area contributed by atoms with Crippen LogP contribution in [0.5, 0.6) is 0 Å². The Kier molecular flexibility index (Phi) is 5.83. The number of aromatic amines is 1. The maximum atomic E-state index is 12.6. The zero-order chi connectivity index (χ0) is 21.3. The van der Waals surface area contributed by atoms with Gasteiger partial charge in [0.25, 0.3) is 5.56 Å². The van der Waals surface area contributed by atoms with Crippen molar-refractivity contribution in [2.75, 3.05) is 13.1 Å². The van der Waals surface area contributed by atoms with E-state index in [0.29, 0.717) is 24.2 Å². The number of likely N-dealkylation sites (tertiary alicyclic amines) is 1. The van der Waals surface area contributed by atoms with E-state index in [1.54, 1.807) is 13.8 Å². The third-order valence-electron chi connectivity index (χ3n) is 5.23. The number of aromatic nitrogens is 4. The smallest absolute Gasteiger partial charge is 0.347 e. The van der Waals surface area contributed by atoms with Crippen LogP contribution in [0, 0.1) is 20.8 Å². The molecule has 1 saturated heterocycles. The molecular formula is C19H25N5O5. The van der Waals surface area contributed by atoms with Crippen LogP contribution < -0.4 is 16.9 Å². The van der Waals surface area contributed by atoms with Gasteiger partial charge in [0, 0.05) is 49.2 Å². The number of nitrogens with one attached hydrogen (secondary N) is 1. The molecule has 10 heteroatoms. The van der Waals surface area contributed by atoms with Crippen LogP contribution in [-0.2, 0) is 11.3 Å². The van der Waals surface area contributed by atoms with Crippen LogP contribution in [0.4, 0.5) is 0 Å². The van der Waals surface area contributed by atoms with Crippen molar-refractivity contribution in [1.82, 2.24) is 24.0 Å². The summed E-state index contributed by atoms with van der Waals surface area (Å²) in [6, 6.07) is 1.20. The van der Waals surface area contributed by atoms with E-state index in [1.165, 1.54) is 20.2 Å². The van der Waals surface area contributed by atoms with Gasteiger partial charge in [0.2, 0.25) is 5.91 Å². The van der Waals surface area contributed by atoms with Crippen LogP contribution in [0.2, 0.25) is 0 Å². The normalized spacial score (nSPS) is 19.0.